The molecule has 14 heavy (non-hydrogen) atoms. The molecule has 2 saturated carbocycles. The van der Waals surface area contributed by atoms with Crippen LogP contribution in [0.15, 0.2) is 0 Å². The van der Waals surface area contributed by atoms with Crippen molar-refractivity contribution in [2.75, 3.05) is 5.33 Å². The van der Waals surface area contributed by atoms with Crippen LogP contribution in [-0.2, 0) is 4.74 Å². The molecule has 2 fully saturated rings. The van der Waals surface area contributed by atoms with Gasteiger partial charge in [-0.05, 0) is 44.4 Å². The quantitative estimate of drug-likeness (QED) is 0.697. The maximum Gasteiger partial charge on any atom is 0.0782 e. The van der Waals surface area contributed by atoms with E-state index in [1.54, 1.807) is 0 Å². The van der Waals surface area contributed by atoms with Gasteiger partial charge in [0.15, 0.2) is 0 Å². The van der Waals surface area contributed by atoms with Gasteiger partial charge in [0, 0.05) is 5.33 Å². The number of rotatable bonds is 4. The standard InChI is InChI=1S/C12H21BrO/c1-2-10-5-7-12(9-13,8-6-10)14-11-3-4-11/h10-11H,2-9H2,1H3. The lowest BCUT2D eigenvalue weighted by atomic mass is 9.78. The van der Waals surface area contributed by atoms with E-state index in [4.69, 9.17) is 4.74 Å². The van der Waals surface area contributed by atoms with Gasteiger partial charge in [-0.25, -0.2) is 0 Å². The Morgan fingerprint density at radius 1 is 1.21 bits per heavy atom. The maximum atomic E-state index is 6.18. The van der Waals surface area contributed by atoms with Crippen molar-refractivity contribution in [1.82, 2.24) is 0 Å². The van der Waals surface area contributed by atoms with Gasteiger partial charge in [0.1, 0.15) is 0 Å². The zero-order valence-electron chi connectivity index (χ0n) is 9.10. The van der Waals surface area contributed by atoms with E-state index in [1.807, 2.05) is 0 Å². The summed E-state index contributed by atoms with van der Waals surface area (Å²) in [5.74, 6) is 0.963. The SMILES string of the molecule is CCC1CCC(CBr)(OC2CC2)CC1. The molecule has 82 valence electrons. The van der Waals surface area contributed by atoms with Crippen LogP contribution in [0.3, 0.4) is 0 Å². The van der Waals surface area contributed by atoms with E-state index < -0.39 is 0 Å². The predicted octanol–water partition coefficient (Wildman–Crippen LogP) is 3.90. The van der Waals surface area contributed by atoms with Crippen molar-refractivity contribution >= 4 is 15.9 Å². The lowest BCUT2D eigenvalue weighted by Crippen LogP contribution is -2.39. The van der Waals surface area contributed by atoms with Crippen LogP contribution in [0.2, 0.25) is 0 Å². The van der Waals surface area contributed by atoms with E-state index in [9.17, 15) is 0 Å². The van der Waals surface area contributed by atoms with Crippen LogP contribution in [0.5, 0.6) is 0 Å². The fourth-order valence-electron chi connectivity index (χ4n) is 2.43. The minimum Gasteiger partial charge on any atom is -0.371 e. The molecule has 0 atom stereocenters. The normalized spacial score (nSPS) is 38.6. The third kappa shape index (κ3) is 2.52. The first kappa shape index (κ1) is 10.9. The van der Waals surface area contributed by atoms with Crippen LogP contribution < -0.4 is 0 Å². The molecular formula is C12H21BrO. The van der Waals surface area contributed by atoms with E-state index in [0.29, 0.717) is 6.10 Å². The van der Waals surface area contributed by atoms with Crippen molar-refractivity contribution in [2.24, 2.45) is 5.92 Å². The number of hydrogen-bond donors (Lipinski definition) is 0. The first-order valence-corrected chi connectivity index (χ1v) is 7.14. The molecule has 2 heteroatoms. The minimum atomic E-state index is 0.201. The second kappa shape index (κ2) is 4.52. The lowest BCUT2D eigenvalue weighted by Gasteiger charge is -2.39. The van der Waals surface area contributed by atoms with Gasteiger partial charge in [-0.2, -0.15) is 0 Å². The number of ether oxygens (including phenoxy) is 1. The summed E-state index contributed by atoms with van der Waals surface area (Å²) in [5, 5.41) is 1.03. The molecular weight excluding hydrogens is 240 g/mol. The summed E-state index contributed by atoms with van der Waals surface area (Å²) in [5.41, 5.74) is 0.201. The van der Waals surface area contributed by atoms with Gasteiger partial charge in [-0.15, -0.1) is 0 Å². The van der Waals surface area contributed by atoms with Crippen LogP contribution in [0.4, 0.5) is 0 Å². The van der Waals surface area contributed by atoms with E-state index in [2.05, 4.69) is 22.9 Å². The van der Waals surface area contributed by atoms with E-state index in [-0.39, 0.29) is 5.60 Å². The van der Waals surface area contributed by atoms with Gasteiger partial charge >= 0.3 is 0 Å². The zero-order chi connectivity index (χ0) is 10.0. The third-order valence-electron chi connectivity index (χ3n) is 3.78. The molecule has 0 aromatic rings. The Labute approximate surface area is 95.7 Å². The van der Waals surface area contributed by atoms with Gasteiger partial charge in [-0.3, -0.25) is 0 Å². The third-order valence-corrected chi connectivity index (χ3v) is 4.80. The molecule has 2 aliphatic carbocycles. The Bertz CT molecular complexity index is 181. The molecule has 2 rings (SSSR count). The molecule has 0 saturated heterocycles. The highest BCUT2D eigenvalue weighted by Crippen LogP contribution is 2.41. The molecule has 0 aliphatic heterocycles. The van der Waals surface area contributed by atoms with Crippen molar-refractivity contribution in [2.45, 2.75) is 63.6 Å². The van der Waals surface area contributed by atoms with Gasteiger partial charge in [-0.1, -0.05) is 29.3 Å². The monoisotopic (exact) mass is 260 g/mol. The Morgan fingerprint density at radius 3 is 2.29 bits per heavy atom. The zero-order valence-corrected chi connectivity index (χ0v) is 10.7. The molecule has 0 aromatic heterocycles. The summed E-state index contributed by atoms with van der Waals surface area (Å²) in [6, 6.07) is 0. The highest BCUT2D eigenvalue weighted by molar-refractivity contribution is 9.09. The van der Waals surface area contributed by atoms with E-state index in [0.717, 1.165) is 11.2 Å². The summed E-state index contributed by atoms with van der Waals surface area (Å²) >= 11 is 3.64. The maximum absolute atomic E-state index is 6.18. The van der Waals surface area contributed by atoms with Crippen LogP contribution in [0.25, 0.3) is 0 Å². The number of halogens is 1. The van der Waals surface area contributed by atoms with E-state index in [1.165, 1.54) is 44.9 Å². The van der Waals surface area contributed by atoms with Crippen LogP contribution >= 0.6 is 15.9 Å². The molecule has 0 radical (unpaired) electrons. The van der Waals surface area contributed by atoms with Crippen molar-refractivity contribution in [1.29, 1.82) is 0 Å². The minimum absolute atomic E-state index is 0.201. The fraction of sp³-hybridized carbons (Fsp3) is 1.00. The van der Waals surface area contributed by atoms with E-state index >= 15 is 0 Å². The van der Waals surface area contributed by atoms with Crippen molar-refractivity contribution in [3.63, 3.8) is 0 Å². The lowest BCUT2D eigenvalue weighted by molar-refractivity contribution is -0.0701. The molecule has 1 nitrogen and oxygen atoms in total. The summed E-state index contributed by atoms with van der Waals surface area (Å²) in [6.07, 6.45) is 9.83. The van der Waals surface area contributed by atoms with Gasteiger partial charge < -0.3 is 4.74 Å². The first-order valence-electron chi connectivity index (χ1n) is 6.02. The molecule has 0 spiro atoms. The van der Waals surface area contributed by atoms with Crippen LogP contribution in [-0.4, -0.2) is 17.0 Å². The largest absolute Gasteiger partial charge is 0.371 e. The summed E-state index contributed by atoms with van der Waals surface area (Å²) < 4.78 is 6.18. The summed E-state index contributed by atoms with van der Waals surface area (Å²) in [6.45, 7) is 2.31. The highest BCUT2D eigenvalue weighted by Gasteiger charge is 2.39. The van der Waals surface area contributed by atoms with Gasteiger partial charge in [0.2, 0.25) is 0 Å². The average molecular weight is 261 g/mol. The fourth-order valence-corrected chi connectivity index (χ4v) is 3.13. The van der Waals surface area contributed by atoms with Crippen molar-refractivity contribution in [3.8, 4) is 0 Å². The Hall–Kier alpha value is 0.440. The Balaban J connectivity index is 1.86. The molecule has 2 aliphatic rings. The second-order valence-corrected chi connectivity index (χ2v) is 5.55. The molecule has 0 heterocycles. The first-order chi connectivity index (χ1) is 6.78. The summed E-state index contributed by atoms with van der Waals surface area (Å²) in [7, 11) is 0. The number of hydrogen-bond acceptors (Lipinski definition) is 1. The Morgan fingerprint density at radius 2 is 1.86 bits per heavy atom. The van der Waals surface area contributed by atoms with Gasteiger partial charge in [0.25, 0.3) is 0 Å². The smallest absolute Gasteiger partial charge is 0.0782 e. The molecule has 0 N–H and O–H groups in total. The topological polar surface area (TPSA) is 9.23 Å². The van der Waals surface area contributed by atoms with Crippen molar-refractivity contribution < 1.29 is 4.74 Å². The number of alkyl halides is 1. The summed E-state index contributed by atoms with van der Waals surface area (Å²) in [4.78, 5) is 0. The molecule has 0 amide bonds. The highest BCUT2D eigenvalue weighted by atomic mass is 79.9. The predicted molar refractivity (Wildman–Crippen MR) is 62.9 cm³/mol. The van der Waals surface area contributed by atoms with Crippen LogP contribution in [0, 0.1) is 5.92 Å². The molecule has 0 unspecified atom stereocenters. The molecule has 0 bridgehead atoms. The van der Waals surface area contributed by atoms with Crippen LogP contribution in [0.1, 0.15) is 51.9 Å². The molecule has 0 aromatic carbocycles. The second-order valence-electron chi connectivity index (χ2n) is 4.99. The van der Waals surface area contributed by atoms with Gasteiger partial charge in [0.05, 0.1) is 11.7 Å². The van der Waals surface area contributed by atoms with Crippen molar-refractivity contribution in [3.05, 3.63) is 0 Å². The average Bonchev–Trinajstić information content (AvgIpc) is 3.03. The Kier molecular flexibility index (Phi) is 3.54.